The number of rotatable bonds is 1. The summed E-state index contributed by atoms with van der Waals surface area (Å²) in [5.74, 6) is 0.525. The standard InChI is InChI=1S/C13H16N2O2S/c16-18(17)12-9-5-4-8-11(12)13(15-18)14-10-6-2-1-3-7-10/h4-5,8-10H,1-3,6-7H2,(H,14,15). The van der Waals surface area contributed by atoms with Crippen molar-refractivity contribution in [2.24, 2.45) is 4.99 Å². The van der Waals surface area contributed by atoms with Crippen molar-refractivity contribution in [3.63, 3.8) is 0 Å². The smallest absolute Gasteiger partial charge is 0.263 e. The molecule has 2 aliphatic rings. The van der Waals surface area contributed by atoms with E-state index in [1.54, 1.807) is 12.1 Å². The van der Waals surface area contributed by atoms with Crippen LogP contribution in [0.15, 0.2) is 34.2 Å². The molecule has 1 aliphatic heterocycles. The van der Waals surface area contributed by atoms with Crippen LogP contribution in [-0.4, -0.2) is 20.3 Å². The van der Waals surface area contributed by atoms with Crippen molar-refractivity contribution in [1.29, 1.82) is 0 Å². The lowest BCUT2D eigenvalue weighted by atomic mass is 9.96. The van der Waals surface area contributed by atoms with Gasteiger partial charge in [-0.05, 0) is 25.0 Å². The molecule has 0 bridgehead atoms. The zero-order valence-corrected chi connectivity index (χ0v) is 10.9. The molecule has 0 atom stereocenters. The summed E-state index contributed by atoms with van der Waals surface area (Å²) in [5.41, 5.74) is 0.711. The topological polar surface area (TPSA) is 58.5 Å². The minimum absolute atomic E-state index is 0.266. The van der Waals surface area contributed by atoms with Gasteiger partial charge in [0.1, 0.15) is 5.84 Å². The van der Waals surface area contributed by atoms with Gasteiger partial charge >= 0.3 is 0 Å². The lowest BCUT2D eigenvalue weighted by Crippen LogP contribution is -2.24. The Labute approximate surface area is 107 Å². The van der Waals surface area contributed by atoms with Crippen LogP contribution in [0.25, 0.3) is 0 Å². The van der Waals surface area contributed by atoms with Crippen molar-refractivity contribution >= 4 is 15.9 Å². The molecule has 5 heteroatoms. The average molecular weight is 264 g/mol. The maximum atomic E-state index is 11.9. The molecular formula is C13H16N2O2S. The van der Waals surface area contributed by atoms with E-state index in [1.807, 2.05) is 12.1 Å². The third-order valence-corrected chi connectivity index (χ3v) is 4.95. The molecule has 1 fully saturated rings. The van der Waals surface area contributed by atoms with Crippen molar-refractivity contribution in [2.45, 2.75) is 43.0 Å². The summed E-state index contributed by atoms with van der Waals surface area (Å²) in [6.07, 6.45) is 5.77. The predicted octanol–water partition coefficient (Wildman–Crippen LogP) is 2.06. The first-order valence-electron chi connectivity index (χ1n) is 6.37. The third kappa shape index (κ3) is 2.03. The van der Waals surface area contributed by atoms with Gasteiger partial charge in [0.15, 0.2) is 0 Å². The van der Waals surface area contributed by atoms with E-state index in [0.29, 0.717) is 16.3 Å². The highest BCUT2D eigenvalue weighted by Gasteiger charge is 2.30. The Morgan fingerprint density at radius 1 is 1.11 bits per heavy atom. The van der Waals surface area contributed by atoms with Crippen LogP contribution in [0.4, 0.5) is 0 Å². The number of hydrogen-bond donors (Lipinski definition) is 1. The molecule has 4 nitrogen and oxygen atoms in total. The van der Waals surface area contributed by atoms with Crippen LogP contribution in [-0.2, 0) is 10.0 Å². The summed E-state index contributed by atoms with van der Waals surface area (Å²) < 4.78 is 26.4. The van der Waals surface area contributed by atoms with Gasteiger partial charge in [0.05, 0.1) is 10.9 Å². The molecule has 1 aromatic rings. The summed E-state index contributed by atoms with van der Waals surface area (Å²) in [4.78, 5) is 4.95. The average Bonchev–Trinajstić information content (AvgIpc) is 2.63. The largest absolute Gasteiger partial charge is 0.264 e. The van der Waals surface area contributed by atoms with Crippen LogP contribution in [0, 0.1) is 0 Å². The maximum Gasteiger partial charge on any atom is 0.263 e. The van der Waals surface area contributed by atoms with E-state index in [4.69, 9.17) is 0 Å². The molecule has 1 saturated carbocycles. The van der Waals surface area contributed by atoms with Gasteiger partial charge < -0.3 is 0 Å². The monoisotopic (exact) mass is 264 g/mol. The van der Waals surface area contributed by atoms with Gasteiger partial charge in [-0.25, -0.2) is 8.42 Å². The molecule has 0 radical (unpaired) electrons. The molecule has 0 aromatic heterocycles. The van der Waals surface area contributed by atoms with E-state index < -0.39 is 10.0 Å². The summed E-state index contributed by atoms with van der Waals surface area (Å²) in [5, 5.41) is 0. The molecule has 0 amide bonds. The van der Waals surface area contributed by atoms with Crippen LogP contribution < -0.4 is 4.72 Å². The first-order valence-corrected chi connectivity index (χ1v) is 7.85. The molecule has 1 aromatic carbocycles. The molecule has 3 rings (SSSR count). The fraction of sp³-hybridized carbons (Fsp3) is 0.462. The number of benzene rings is 1. The van der Waals surface area contributed by atoms with E-state index >= 15 is 0 Å². The summed E-state index contributed by atoms with van der Waals surface area (Å²) in [7, 11) is -3.39. The number of hydrogen-bond acceptors (Lipinski definition) is 3. The first-order chi connectivity index (χ1) is 8.67. The normalized spacial score (nSPS) is 24.8. The third-order valence-electron chi connectivity index (χ3n) is 3.55. The van der Waals surface area contributed by atoms with Crippen molar-refractivity contribution in [1.82, 2.24) is 4.72 Å². The number of aliphatic imine (C=N–C) groups is 1. The molecule has 96 valence electrons. The van der Waals surface area contributed by atoms with Crippen LogP contribution in [0.1, 0.15) is 37.7 Å². The lowest BCUT2D eigenvalue weighted by Gasteiger charge is -2.18. The highest BCUT2D eigenvalue weighted by Crippen LogP contribution is 2.25. The second kappa shape index (κ2) is 4.39. The van der Waals surface area contributed by atoms with Gasteiger partial charge in [0.25, 0.3) is 10.0 Å². The van der Waals surface area contributed by atoms with E-state index in [0.717, 1.165) is 12.8 Å². The number of fused-ring (bicyclic) bond motifs is 1. The Morgan fingerprint density at radius 2 is 1.83 bits per heavy atom. The van der Waals surface area contributed by atoms with Crippen molar-refractivity contribution in [2.75, 3.05) is 0 Å². The number of amidine groups is 1. The quantitative estimate of drug-likeness (QED) is 0.844. The number of sulfonamides is 1. The van der Waals surface area contributed by atoms with Crippen molar-refractivity contribution < 1.29 is 8.42 Å². The second-order valence-electron chi connectivity index (χ2n) is 4.87. The molecule has 0 saturated heterocycles. The Morgan fingerprint density at radius 3 is 2.61 bits per heavy atom. The summed E-state index contributed by atoms with van der Waals surface area (Å²) >= 11 is 0. The van der Waals surface area contributed by atoms with Crippen LogP contribution in [0.5, 0.6) is 0 Å². The first kappa shape index (κ1) is 11.7. The fourth-order valence-electron chi connectivity index (χ4n) is 2.62. The predicted molar refractivity (Wildman–Crippen MR) is 70.2 cm³/mol. The Bertz CT molecular complexity index is 587. The number of nitrogens with zero attached hydrogens (tertiary/aromatic N) is 1. The maximum absolute atomic E-state index is 11.9. The van der Waals surface area contributed by atoms with Gasteiger partial charge in [-0.1, -0.05) is 31.4 Å². The Kier molecular flexibility index (Phi) is 2.86. The van der Waals surface area contributed by atoms with Gasteiger partial charge in [-0.2, -0.15) is 0 Å². The van der Waals surface area contributed by atoms with Crippen LogP contribution in [0.3, 0.4) is 0 Å². The molecule has 1 aliphatic carbocycles. The highest BCUT2D eigenvalue weighted by atomic mass is 32.2. The Balaban J connectivity index is 1.98. The SMILES string of the molecule is O=S1(=O)NC(=NC2CCCCC2)c2ccccc21. The van der Waals surface area contributed by atoms with Crippen LogP contribution in [0.2, 0.25) is 0 Å². The lowest BCUT2D eigenvalue weighted by molar-refractivity contribution is 0.443. The summed E-state index contributed by atoms with van der Waals surface area (Å²) in [6, 6.07) is 7.29. The van der Waals surface area contributed by atoms with E-state index in [-0.39, 0.29) is 6.04 Å². The molecule has 0 unspecified atom stereocenters. The van der Waals surface area contributed by atoms with E-state index in [9.17, 15) is 8.42 Å². The minimum atomic E-state index is -3.39. The molecule has 18 heavy (non-hydrogen) atoms. The van der Waals surface area contributed by atoms with Crippen molar-refractivity contribution in [3.05, 3.63) is 29.8 Å². The van der Waals surface area contributed by atoms with E-state index in [1.165, 1.54) is 19.3 Å². The van der Waals surface area contributed by atoms with Crippen LogP contribution >= 0.6 is 0 Å². The van der Waals surface area contributed by atoms with Gasteiger partial charge in [0, 0.05) is 5.56 Å². The molecule has 1 N–H and O–H groups in total. The highest BCUT2D eigenvalue weighted by molar-refractivity contribution is 7.90. The van der Waals surface area contributed by atoms with Crippen molar-refractivity contribution in [3.8, 4) is 0 Å². The van der Waals surface area contributed by atoms with E-state index in [2.05, 4.69) is 9.71 Å². The number of nitrogens with one attached hydrogen (secondary N) is 1. The molecule has 0 spiro atoms. The van der Waals surface area contributed by atoms with Gasteiger partial charge in [0.2, 0.25) is 0 Å². The Hall–Kier alpha value is -1.36. The van der Waals surface area contributed by atoms with Gasteiger partial charge in [-0.15, -0.1) is 0 Å². The molecular weight excluding hydrogens is 248 g/mol. The van der Waals surface area contributed by atoms with Gasteiger partial charge in [-0.3, -0.25) is 9.71 Å². The fourth-order valence-corrected chi connectivity index (χ4v) is 3.86. The minimum Gasteiger partial charge on any atom is -0.264 e. The molecule has 1 heterocycles. The second-order valence-corrected chi connectivity index (χ2v) is 6.52. The zero-order valence-electron chi connectivity index (χ0n) is 10.1. The zero-order chi connectivity index (χ0) is 12.6. The summed E-state index contributed by atoms with van der Waals surface area (Å²) in [6.45, 7) is 0.